The first-order valence-corrected chi connectivity index (χ1v) is 11.0. The SMILES string of the molecule is COc1cc2ncc(C#N)c(-c3ccc(CN(C)S(=O)(=O)N(C)S)cc3)c2cc1OC. The Bertz CT molecular complexity index is 1250. The third-order valence-electron chi connectivity index (χ3n) is 4.87. The molecular weight excluding hydrogens is 436 g/mol. The van der Waals surface area contributed by atoms with Crippen molar-refractivity contribution in [2.75, 3.05) is 28.3 Å². The fraction of sp³-hybridized carbons (Fsp3) is 0.238. The number of thiol groups is 1. The van der Waals surface area contributed by atoms with Crippen molar-refractivity contribution < 1.29 is 17.9 Å². The highest BCUT2D eigenvalue weighted by molar-refractivity contribution is 7.98. The summed E-state index contributed by atoms with van der Waals surface area (Å²) in [4.78, 5) is 4.38. The average molecular weight is 459 g/mol. The van der Waals surface area contributed by atoms with E-state index in [0.717, 1.165) is 25.8 Å². The van der Waals surface area contributed by atoms with E-state index in [0.29, 0.717) is 22.6 Å². The predicted octanol–water partition coefficient (Wildman–Crippen LogP) is 3.24. The molecule has 31 heavy (non-hydrogen) atoms. The molecule has 0 bridgehead atoms. The van der Waals surface area contributed by atoms with Gasteiger partial charge in [-0.15, -0.1) is 3.71 Å². The van der Waals surface area contributed by atoms with Gasteiger partial charge in [0, 0.05) is 43.9 Å². The molecule has 0 saturated heterocycles. The second-order valence-corrected chi connectivity index (χ2v) is 9.72. The lowest BCUT2D eigenvalue weighted by Gasteiger charge is -2.20. The van der Waals surface area contributed by atoms with Crippen LogP contribution in [0.2, 0.25) is 0 Å². The van der Waals surface area contributed by atoms with Gasteiger partial charge in [0.25, 0.3) is 10.2 Å². The zero-order valence-corrected chi connectivity index (χ0v) is 19.2. The first kappa shape index (κ1) is 22.8. The smallest absolute Gasteiger partial charge is 0.290 e. The number of rotatable bonds is 7. The zero-order chi connectivity index (χ0) is 22.8. The molecule has 162 valence electrons. The Morgan fingerprint density at radius 3 is 2.26 bits per heavy atom. The number of methoxy groups -OCH3 is 2. The van der Waals surface area contributed by atoms with E-state index in [-0.39, 0.29) is 6.54 Å². The molecule has 0 aliphatic carbocycles. The van der Waals surface area contributed by atoms with E-state index in [2.05, 4.69) is 23.9 Å². The average Bonchev–Trinajstić information content (AvgIpc) is 2.77. The van der Waals surface area contributed by atoms with Crippen molar-refractivity contribution in [3.63, 3.8) is 0 Å². The van der Waals surface area contributed by atoms with E-state index in [9.17, 15) is 13.7 Å². The number of benzene rings is 2. The van der Waals surface area contributed by atoms with Crippen LogP contribution in [0.15, 0.2) is 42.6 Å². The Hall–Kier alpha value is -2.84. The monoisotopic (exact) mass is 458 g/mol. The van der Waals surface area contributed by atoms with Gasteiger partial charge in [0.05, 0.1) is 25.3 Å². The Balaban J connectivity index is 2.06. The van der Waals surface area contributed by atoms with Gasteiger partial charge in [-0.2, -0.15) is 18.0 Å². The summed E-state index contributed by atoms with van der Waals surface area (Å²) < 4.78 is 37.2. The van der Waals surface area contributed by atoms with Crippen LogP contribution in [-0.2, 0) is 16.8 Å². The lowest BCUT2D eigenvalue weighted by molar-refractivity contribution is 0.356. The van der Waals surface area contributed by atoms with Crippen LogP contribution in [0, 0.1) is 11.3 Å². The van der Waals surface area contributed by atoms with Crippen molar-refractivity contribution in [3.05, 3.63) is 53.7 Å². The van der Waals surface area contributed by atoms with Gasteiger partial charge in [-0.1, -0.05) is 37.1 Å². The van der Waals surface area contributed by atoms with E-state index in [1.54, 1.807) is 26.4 Å². The van der Waals surface area contributed by atoms with Crippen molar-refractivity contribution >= 4 is 33.9 Å². The Morgan fingerprint density at radius 2 is 1.71 bits per heavy atom. The highest BCUT2D eigenvalue weighted by Crippen LogP contribution is 2.37. The number of fused-ring (bicyclic) bond motifs is 1. The van der Waals surface area contributed by atoms with E-state index in [4.69, 9.17) is 9.47 Å². The summed E-state index contributed by atoms with van der Waals surface area (Å²) in [5.41, 5.74) is 3.40. The molecule has 3 rings (SSSR count). The molecule has 0 N–H and O–H groups in total. The summed E-state index contributed by atoms with van der Waals surface area (Å²) in [6.45, 7) is 0.181. The molecule has 0 spiro atoms. The molecule has 0 aliphatic rings. The number of aromatic nitrogens is 1. The van der Waals surface area contributed by atoms with Gasteiger partial charge in [-0.05, 0) is 17.2 Å². The maximum absolute atomic E-state index is 12.2. The summed E-state index contributed by atoms with van der Waals surface area (Å²) in [6.07, 6.45) is 1.53. The van der Waals surface area contributed by atoms with Crippen molar-refractivity contribution in [3.8, 4) is 28.7 Å². The van der Waals surface area contributed by atoms with Crippen LogP contribution in [-0.4, -0.2) is 49.7 Å². The molecular formula is C21H22N4O4S2. The van der Waals surface area contributed by atoms with Gasteiger partial charge >= 0.3 is 0 Å². The minimum atomic E-state index is -3.64. The van der Waals surface area contributed by atoms with Gasteiger partial charge in [0.2, 0.25) is 0 Å². The summed E-state index contributed by atoms with van der Waals surface area (Å²) >= 11 is 3.88. The molecule has 8 nitrogen and oxygen atoms in total. The topological polar surface area (TPSA) is 95.8 Å². The first-order valence-electron chi connectivity index (χ1n) is 9.16. The number of pyridine rings is 1. The first-order chi connectivity index (χ1) is 14.7. The Morgan fingerprint density at radius 1 is 1.10 bits per heavy atom. The van der Waals surface area contributed by atoms with Crippen LogP contribution in [0.3, 0.4) is 0 Å². The second kappa shape index (κ2) is 9.11. The quantitative estimate of drug-likeness (QED) is 0.546. The van der Waals surface area contributed by atoms with Gasteiger partial charge < -0.3 is 9.47 Å². The van der Waals surface area contributed by atoms with Crippen molar-refractivity contribution in [1.29, 1.82) is 5.26 Å². The number of hydrogen-bond donors (Lipinski definition) is 1. The third kappa shape index (κ3) is 4.45. The molecule has 10 heteroatoms. The van der Waals surface area contributed by atoms with E-state index >= 15 is 0 Å². The number of ether oxygens (including phenoxy) is 2. The van der Waals surface area contributed by atoms with E-state index in [1.165, 1.54) is 24.6 Å². The van der Waals surface area contributed by atoms with Crippen LogP contribution in [0.5, 0.6) is 11.5 Å². The summed E-state index contributed by atoms with van der Waals surface area (Å²) in [5.74, 6) is 1.08. The van der Waals surface area contributed by atoms with Crippen LogP contribution in [0.4, 0.5) is 0 Å². The van der Waals surface area contributed by atoms with Gasteiger partial charge in [-0.25, -0.2) is 0 Å². The normalized spacial score (nSPS) is 11.7. The summed E-state index contributed by atoms with van der Waals surface area (Å²) in [5, 5.41) is 10.4. The van der Waals surface area contributed by atoms with Crippen molar-refractivity contribution in [1.82, 2.24) is 13.0 Å². The highest BCUT2D eigenvalue weighted by atomic mass is 32.3. The third-order valence-corrected chi connectivity index (χ3v) is 7.07. The molecule has 0 fully saturated rings. The molecule has 1 heterocycles. The number of nitriles is 1. The fourth-order valence-electron chi connectivity index (χ4n) is 3.23. The minimum absolute atomic E-state index is 0.181. The summed E-state index contributed by atoms with van der Waals surface area (Å²) in [7, 11) is 2.31. The van der Waals surface area contributed by atoms with E-state index in [1.807, 2.05) is 24.3 Å². The lowest BCUT2D eigenvalue weighted by atomic mass is 9.96. The molecule has 1 aromatic heterocycles. The maximum Gasteiger partial charge on any atom is 0.290 e. The molecule has 0 amide bonds. The molecule has 0 saturated carbocycles. The zero-order valence-electron chi connectivity index (χ0n) is 17.5. The lowest BCUT2D eigenvalue weighted by Crippen LogP contribution is -2.34. The minimum Gasteiger partial charge on any atom is -0.493 e. The molecule has 0 aliphatic heterocycles. The fourth-order valence-corrected chi connectivity index (χ4v) is 4.32. The van der Waals surface area contributed by atoms with Crippen molar-refractivity contribution in [2.45, 2.75) is 6.54 Å². The van der Waals surface area contributed by atoms with E-state index < -0.39 is 10.2 Å². The maximum atomic E-state index is 12.2. The van der Waals surface area contributed by atoms with Gasteiger partial charge in [-0.3, -0.25) is 4.98 Å². The van der Waals surface area contributed by atoms with Crippen LogP contribution in [0.1, 0.15) is 11.1 Å². The largest absolute Gasteiger partial charge is 0.493 e. The molecule has 0 unspecified atom stereocenters. The summed E-state index contributed by atoms with van der Waals surface area (Å²) in [6, 6.07) is 13.1. The number of hydrogen-bond acceptors (Lipinski definition) is 7. The van der Waals surface area contributed by atoms with Gasteiger partial charge in [0.15, 0.2) is 11.5 Å². The molecule has 0 radical (unpaired) electrons. The molecule has 2 aromatic carbocycles. The Labute approximate surface area is 187 Å². The second-order valence-electron chi connectivity index (χ2n) is 6.78. The number of nitrogens with zero attached hydrogens (tertiary/aromatic N) is 4. The highest BCUT2D eigenvalue weighted by Gasteiger charge is 2.21. The predicted molar refractivity (Wildman–Crippen MR) is 122 cm³/mol. The van der Waals surface area contributed by atoms with Crippen LogP contribution >= 0.6 is 12.8 Å². The van der Waals surface area contributed by atoms with Crippen molar-refractivity contribution in [2.24, 2.45) is 0 Å². The molecule has 3 aromatic rings. The standard InChI is InChI=1S/C21H22N4O4S2/c1-24(31(26,27)25(2)30)13-14-5-7-15(8-6-14)21-16(11-22)12-23-18-10-20(29-4)19(28-3)9-17(18)21/h5-10,12,30H,13H2,1-4H3. The van der Waals surface area contributed by atoms with Gasteiger partial charge in [0.1, 0.15) is 6.07 Å². The Kier molecular flexibility index (Phi) is 6.71. The molecule has 0 atom stereocenters. The van der Waals surface area contributed by atoms with Crippen LogP contribution in [0.25, 0.3) is 22.0 Å². The van der Waals surface area contributed by atoms with Crippen LogP contribution < -0.4 is 9.47 Å².